The number of nitrogens with zero attached hydrogens (tertiary/aromatic N) is 1. The van der Waals surface area contributed by atoms with Crippen molar-refractivity contribution in [3.8, 4) is 5.75 Å². The topological polar surface area (TPSA) is 49.8 Å². The van der Waals surface area contributed by atoms with Gasteiger partial charge in [0.25, 0.3) is 0 Å². The molecule has 1 rings (SSSR count). The minimum Gasteiger partial charge on any atom is -0.494 e. The van der Waals surface area contributed by atoms with Gasteiger partial charge in [0, 0.05) is 6.42 Å². The number of rotatable bonds is 6. The van der Waals surface area contributed by atoms with Gasteiger partial charge in [0.2, 0.25) is 0 Å². The highest BCUT2D eigenvalue weighted by Crippen LogP contribution is 2.20. The molecular formula is C13H19NO3. The molecule has 1 aromatic rings. The number of carbonyl (C=O) groups is 1. The van der Waals surface area contributed by atoms with Gasteiger partial charge in [0.15, 0.2) is 0 Å². The van der Waals surface area contributed by atoms with E-state index in [1.54, 1.807) is 19.0 Å². The van der Waals surface area contributed by atoms with Gasteiger partial charge < -0.3 is 9.84 Å². The van der Waals surface area contributed by atoms with Gasteiger partial charge >= 0.3 is 5.97 Å². The van der Waals surface area contributed by atoms with E-state index < -0.39 is 12.0 Å². The van der Waals surface area contributed by atoms with Crippen molar-refractivity contribution >= 4 is 5.97 Å². The fourth-order valence-corrected chi connectivity index (χ4v) is 1.67. The van der Waals surface area contributed by atoms with Crippen LogP contribution in [0, 0.1) is 0 Å². The average molecular weight is 237 g/mol. The molecular weight excluding hydrogens is 218 g/mol. The highest BCUT2D eigenvalue weighted by Gasteiger charge is 2.21. The summed E-state index contributed by atoms with van der Waals surface area (Å²) in [5.41, 5.74) is 0.926. The highest BCUT2D eigenvalue weighted by molar-refractivity contribution is 5.74. The second-order valence-corrected chi connectivity index (χ2v) is 4.06. The lowest BCUT2D eigenvalue weighted by molar-refractivity contribution is -0.142. The number of ether oxygens (including phenoxy) is 1. The number of likely N-dealkylation sites (N-methyl/N-ethyl adjacent to an activating group) is 1. The molecule has 0 saturated heterocycles. The van der Waals surface area contributed by atoms with Crippen molar-refractivity contribution in [2.24, 2.45) is 0 Å². The molecule has 0 aromatic heterocycles. The largest absolute Gasteiger partial charge is 0.494 e. The molecule has 0 fully saturated rings. The number of hydrogen-bond acceptors (Lipinski definition) is 3. The zero-order valence-corrected chi connectivity index (χ0v) is 10.5. The van der Waals surface area contributed by atoms with Crippen molar-refractivity contribution in [2.45, 2.75) is 19.4 Å². The summed E-state index contributed by atoms with van der Waals surface area (Å²) in [6.07, 6.45) is 0.443. The highest BCUT2D eigenvalue weighted by atomic mass is 16.5. The third-order valence-corrected chi connectivity index (χ3v) is 2.59. The summed E-state index contributed by atoms with van der Waals surface area (Å²) in [4.78, 5) is 12.8. The molecule has 0 aliphatic heterocycles. The van der Waals surface area contributed by atoms with E-state index in [0.29, 0.717) is 13.0 Å². The molecule has 1 aromatic carbocycles. The number of carboxylic acid groups (broad SMARTS) is 1. The first-order valence-corrected chi connectivity index (χ1v) is 5.66. The van der Waals surface area contributed by atoms with Gasteiger partial charge in [-0.25, -0.2) is 0 Å². The van der Waals surface area contributed by atoms with Gasteiger partial charge in [0.05, 0.1) is 6.61 Å². The second kappa shape index (κ2) is 6.25. The van der Waals surface area contributed by atoms with Gasteiger partial charge in [-0.2, -0.15) is 0 Å². The lowest BCUT2D eigenvalue weighted by Gasteiger charge is -2.21. The molecule has 0 saturated carbocycles. The van der Waals surface area contributed by atoms with E-state index in [4.69, 9.17) is 9.84 Å². The van der Waals surface area contributed by atoms with Gasteiger partial charge in [-0.1, -0.05) is 18.2 Å². The van der Waals surface area contributed by atoms with E-state index in [1.165, 1.54) is 0 Å². The fraction of sp³-hybridized carbons (Fsp3) is 0.462. The van der Waals surface area contributed by atoms with Crippen LogP contribution in [0.2, 0.25) is 0 Å². The molecule has 0 unspecified atom stereocenters. The summed E-state index contributed by atoms with van der Waals surface area (Å²) in [7, 11) is 3.53. The van der Waals surface area contributed by atoms with Gasteiger partial charge in [-0.3, -0.25) is 9.69 Å². The standard InChI is InChI=1S/C13H19NO3/c1-4-17-12-8-6-5-7-10(12)9-11(13(15)16)14(2)3/h5-8,11H,4,9H2,1-3H3,(H,15,16)/t11-/m0/s1. The molecule has 0 aliphatic rings. The first-order valence-electron chi connectivity index (χ1n) is 5.66. The Morgan fingerprint density at radius 1 is 1.41 bits per heavy atom. The van der Waals surface area contributed by atoms with Crippen molar-refractivity contribution in [1.29, 1.82) is 0 Å². The van der Waals surface area contributed by atoms with Crippen LogP contribution in [0.5, 0.6) is 5.75 Å². The predicted octanol–water partition coefficient (Wildman–Crippen LogP) is 1.64. The molecule has 0 amide bonds. The summed E-state index contributed by atoms with van der Waals surface area (Å²) in [5.74, 6) is -0.0515. The fourth-order valence-electron chi connectivity index (χ4n) is 1.67. The number of hydrogen-bond donors (Lipinski definition) is 1. The molecule has 0 spiro atoms. The van der Waals surface area contributed by atoms with Crippen LogP contribution in [0.3, 0.4) is 0 Å². The molecule has 17 heavy (non-hydrogen) atoms. The van der Waals surface area contributed by atoms with E-state index in [-0.39, 0.29) is 0 Å². The molecule has 0 aliphatic carbocycles. The number of benzene rings is 1. The summed E-state index contributed by atoms with van der Waals surface area (Å²) < 4.78 is 5.49. The molecule has 1 atom stereocenters. The van der Waals surface area contributed by atoms with Crippen LogP contribution < -0.4 is 4.74 Å². The number of carboxylic acids is 1. The Bertz CT molecular complexity index is 377. The van der Waals surface area contributed by atoms with Crippen LogP contribution >= 0.6 is 0 Å². The van der Waals surface area contributed by atoms with Crippen molar-refractivity contribution in [2.75, 3.05) is 20.7 Å². The number of para-hydroxylation sites is 1. The van der Waals surface area contributed by atoms with E-state index >= 15 is 0 Å². The van der Waals surface area contributed by atoms with Crippen LogP contribution in [0.15, 0.2) is 24.3 Å². The van der Waals surface area contributed by atoms with Crippen LogP contribution in [-0.4, -0.2) is 42.7 Å². The monoisotopic (exact) mass is 237 g/mol. The molecule has 4 nitrogen and oxygen atoms in total. The first kappa shape index (κ1) is 13.5. The Balaban J connectivity index is 2.88. The summed E-state index contributed by atoms with van der Waals surface area (Å²) in [6, 6.07) is 7.03. The van der Waals surface area contributed by atoms with Crippen LogP contribution in [0.4, 0.5) is 0 Å². The molecule has 0 bridgehead atoms. The van der Waals surface area contributed by atoms with Crippen LogP contribution in [-0.2, 0) is 11.2 Å². The maximum Gasteiger partial charge on any atom is 0.321 e. The first-order chi connectivity index (χ1) is 8.06. The summed E-state index contributed by atoms with van der Waals surface area (Å²) >= 11 is 0. The normalized spacial score (nSPS) is 12.5. The van der Waals surface area contributed by atoms with E-state index in [1.807, 2.05) is 31.2 Å². The Morgan fingerprint density at radius 3 is 2.59 bits per heavy atom. The quantitative estimate of drug-likeness (QED) is 0.817. The zero-order chi connectivity index (χ0) is 12.8. The molecule has 0 heterocycles. The SMILES string of the molecule is CCOc1ccccc1C[C@@H](C(=O)O)N(C)C. The molecule has 0 radical (unpaired) electrons. The lowest BCUT2D eigenvalue weighted by atomic mass is 10.0. The van der Waals surface area contributed by atoms with Gasteiger partial charge in [-0.05, 0) is 32.6 Å². The maximum atomic E-state index is 11.1. The average Bonchev–Trinajstić information content (AvgIpc) is 2.27. The third-order valence-electron chi connectivity index (χ3n) is 2.59. The van der Waals surface area contributed by atoms with Crippen LogP contribution in [0.25, 0.3) is 0 Å². The maximum absolute atomic E-state index is 11.1. The predicted molar refractivity (Wildman–Crippen MR) is 66.4 cm³/mol. The summed E-state index contributed by atoms with van der Waals surface area (Å²) in [6.45, 7) is 2.49. The third kappa shape index (κ3) is 3.75. The molecule has 1 N–H and O–H groups in total. The van der Waals surface area contributed by atoms with Crippen LogP contribution in [0.1, 0.15) is 12.5 Å². The Kier molecular flexibility index (Phi) is 4.97. The van der Waals surface area contributed by atoms with Crippen molar-refractivity contribution in [3.63, 3.8) is 0 Å². The van der Waals surface area contributed by atoms with Crippen molar-refractivity contribution in [1.82, 2.24) is 4.90 Å². The number of aliphatic carboxylic acids is 1. The van der Waals surface area contributed by atoms with Gasteiger partial charge in [-0.15, -0.1) is 0 Å². The zero-order valence-electron chi connectivity index (χ0n) is 10.5. The van der Waals surface area contributed by atoms with Gasteiger partial charge in [0.1, 0.15) is 11.8 Å². The van der Waals surface area contributed by atoms with E-state index in [2.05, 4.69) is 0 Å². The van der Waals surface area contributed by atoms with Crippen molar-refractivity contribution < 1.29 is 14.6 Å². The smallest absolute Gasteiger partial charge is 0.321 e. The molecule has 4 heteroatoms. The minimum atomic E-state index is -0.818. The Hall–Kier alpha value is -1.55. The van der Waals surface area contributed by atoms with E-state index in [0.717, 1.165) is 11.3 Å². The second-order valence-electron chi connectivity index (χ2n) is 4.06. The van der Waals surface area contributed by atoms with Crippen molar-refractivity contribution in [3.05, 3.63) is 29.8 Å². The lowest BCUT2D eigenvalue weighted by Crippen LogP contribution is -2.37. The minimum absolute atomic E-state index is 0.443. The summed E-state index contributed by atoms with van der Waals surface area (Å²) in [5, 5.41) is 9.14. The Morgan fingerprint density at radius 2 is 2.06 bits per heavy atom. The Labute approximate surface area is 102 Å². The molecule has 94 valence electrons. The van der Waals surface area contributed by atoms with E-state index in [9.17, 15) is 4.79 Å².